The summed E-state index contributed by atoms with van der Waals surface area (Å²) in [6, 6.07) is 14.1. The molecule has 2 N–H and O–H groups in total. The first kappa shape index (κ1) is 23.0. The van der Waals surface area contributed by atoms with Crippen molar-refractivity contribution < 1.29 is 14.2 Å². The molecule has 0 bridgehead atoms. The highest BCUT2D eigenvalue weighted by atomic mass is 16.5. The Hall–Kier alpha value is -3.68. The number of rotatable bonds is 10. The summed E-state index contributed by atoms with van der Waals surface area (Å²) in [7, 11) is 4.80. The van der Waals surface area contributed by atoms with E-state index >= 15 is 0 Å². The zero-order valence-corrected chi connectivity index (χ0v) is 19.1. The molecule has 0 saturated carbocycles. The van der Waals surface area contributed by atoms with E-state index in [0.29, 0.717) is 36.3 Å². The number of ether oxygens (including phenoxy) is 3. The molecule has 32 heavy (non-hydrogen) atoms. The first-order valence-electron chi connectivity index (χ1n) is 10.5. The number of aromatic nitrogens is 2. The Morgan fingerprint density at radius 1 is 0.969 bits per heavy atom. The number of aliphatic imine (C=N–C) groups is 1. The number of hydrogen-bond donors (Lipinski definition) is 2. The molecule has 0 aliphatic heterocycles. The van der Waals surface area contributed by atoms with Crippen LogP contribution in [-0.4, -0.2) is 43.4 Å². The van der Waals surface area contributed by atoms with Crippen molar-refractivity contribution in [3.8, 4) is 17.2 Å². The fraction of sp³-hybridized carbons (Fsp3) is 0.333. The van der Waals surface area contributed by atoms with E-state index in [0.717, 1.165) is 24.5 Å². The van der Waals surface area contributed by atoms with Crippen molar-refractivity contribution in [2.75, 3.05) is 27.9 Å². The number of imidazole rings is 1. The van der Waals surface area contributed by atoms with Crippen molar-refractivity contribution in [2.24, 2.45) is 4.99 Å². The molecule has 0 aliphatic rings. The number of nitrogens with zero attached hydrogens (tertiary/aromatic N) is 3. The molecular formula is C24H31N5O3. The van der Waals surface area contributed by atoms with Crippen LogP contribution in [0.15, 0.2) is 59.9 Å². The monoisotopic (exact) mass is 437 g/mol. The van der Waals surface area contributed by atoms with E-state index in [4.69, 9.17) is 19.2 Å². The highest BCUT2D eigenvalue weighted by molar-refractivity contribution is 5.79. The fourth-order valence-corrected chi connectivity index (χ4v) is 3.33. The minimum Gasteiger partial charge on any atom is -0.493 e. The molecule has 1 heterocycles. The Kier molecular flexibility index (Phi) is 8.36. The zero-order valence-electron chi connectivity index (χ0n) is 19.1. The van der Waals surface area contributed by atoms with Crippen LogP contribution in [0.3, 0.4) is 0 Å². The minimum absolute atomic E-state index is 0.449. The van der Waals surface area contributed by atoms with Crippen LogP contribution in [0, 0.1) is 0 Å². The summed E-state index contributed by atoms with van der Waals surface area (Å²) in [5.74, 6) is 3.43. The van der Waals surface area contributed by atoms with Crippen LogP contribution in [0.4, 0.5) is 0 Å². The molecule has 0 saturated heterocycles. The second-order valence-corrected chi connectivity index (χ2v) is 7.04. The Morgan fingerprint density at radius 3 is 2.31 bits per heavy atom. The summed E-state index contributed by atoms with van der Waals surface area (Å²) in [6.45, 7) is 4.56. The number of guanidine groups is 1. The molecule has 0 unspecified atom stereocenters. The first-order chi connectivity index (χ1) is 15.7. The standard InChI is InChI=1S/C24H31N5O3/c1-5-25-24(27-15-19-13-20(30-2)23(32-4)21(14-19)31-3)28-16-22-26-11-12-29(22)17-18-9-7-6-8-10-18/h6-14H,5,15-17H2,1-4H3,(H2,25,27,28). The van der Waals surface area contributed by atoms with Gasteiger partial charge in [0.1, 0.15) is 5.82 Å². The maximum atomic E-state index is 5.44. The number of methoxy groups -OCH3 is 3. The van der Waals surface area contributed by atoms with E-state index in [1.807, 2.05) is 49.6 Å². The molecule has 8 heteroatoms. The molecule has 3 rings (SSSR count). The average Bonchev–Trinajstić information content (AvgIpc) is 3.27. The SMILES string of the molecule is CCNC(=NCc1cc(OC)c(OC)c(OC)c1)NCc1nccn1Cc1ccccc1. The lowest BCUT2D eigenvalue weighted by Crippen LogP contribution is -2.37. The Labute approximate surface area is 189 Å². The zero-order chi connectivity index (χ0) is 22.8. The maximum absolute atomic E-state index is 5.44. The van der Waals surface area contributed by atoms with Gasteiger partial charge in [-0.15, -0.1) is 0 Å². The van der Waals surface area contributed by atoms with E-state index in [1.165, 1.54) is 5.56 Å². The second-order valence-electron chi connectivity index (χ2n) is 7.04. The first-order valence-corrected chi connectivity index (χ1v) is 10.5. The van der Waals surface area contributed by atoms with Crippen LogP contribution in [0.1, 0.15) is 23.9 Å². The van der Waals surface area contributed by atoms with E-state index in [-0.39, 0.29) is 0 Å². The van der Waals surface area contributed by atoms with Crippen molar-refractivity contribution in [1.82, 2.24) is 20.2 Å². The van der Waals surface area contributed by atoms with Crippen molar-refractivity contribution in [3.63, 3.8) is 0 Å². The Bertz CT molecular complexity index is 992. The van der Waals surface area contributed by atoms with Crippen LogP contribution in [-0.2, 0) is 19.6 Å². The maximum Gasteiger partial charge on any atom is 0.203 e. The molecule has 170 valence electrons. The summed E-state index contributed by atoms with van der Waals surface area (Å²) < 4.78 is 18.4. The van der Waals surface area contributed by atoms with Gasteiger partial charge >= 0.3 is 0 Å². The molecule has 2 aromatic carbocycles. The van der Waals surface area contributed by atoms with Gasteiger partial charge < -0.3 is 29.4 Å². The average molecular weight is 438 g/mol. The van der Waals surface area contributed by atoms with Crippen LogP contribution in [0.2, 0.25) is 0 Å². The quantitative estimate of drug-likeness (QED) is 0.374. The molecule has 8 nitrogen and oxygen atoms in total. The molecule has 0 atom stereocenters. The van der Waals surface area contributed by atoms with Gasteiger partial charge in [-0.3, -0.25) is 0 Å². The summed E-state index contributed by atoms with van der Waals surface area (Å²) >= 11 is 0. The smallest absolute Gasteiger partial charge is 0.203 e. The summed E-state index contributed by atoms with van der Waals surface area (Å²) in [5.41, 5.74) is 2.18. The van der Waals surface area contributed by atoms with E-state index in [1.54, 1.807) is 21.3 Å². The molecule has 0 amide bonds. The lowest BCUT2D eigenvalue weighted by atomic mass is 10.2. The van der Waals surface area contributed by atoms with Gasteiger partial charge in [-0.1, -0.05) is 30.3 Å². The Morgan fingerprint density at radius 2 is 1.69 bits per heavy atom. The third-order valence-corrected chi connectivity index (χ3v) is 4.90. The lowest BCUT2D eigenvalue weighted by Gasteiger charge is -2.15. The third kappa shape index (κ3) is 5.94. The summed E-state index contributed by atoms with van der Waals surface area (Å²) in [4.78, 5) is 9.21. The van der Waals surface area contributed by atoms with Gasteiger partial charge in [0.2, 0.25) is 5.75 Å². The molecule has 0 radical (unpaired) electrons. The van der Waals surface area contributed by atoms with Gasteiger partial charge in [-0.25, -0.2) is 9.98 Å². The van der Waals surface area contributed by atoms with Crippen molar-refractivity contribution in [3.05, 3.63) is 71.8 Å². The summed E-state index contributed by atoms with van der Waals surface area (Å²) in [5, 5.41) is 6.65. The van der Waals surface area contributed by atoms with E-state index < -0.39 is 0 Å². The number of benzene rings is 2. The van der Waals surface area contributed by atoms with Crippen molar-refractivity contribution in [2.45, 2.75) is 26.6 Å². The van der Waals surface area contributed by atoms with Gasteiger partial charge in [-0.05, 0) is 30.2 Å². The predicted molar refractivity (Wildman–Crippen MR) is 126 cm³/mol. The van der Waals surface area contributed by atoms with Crippen LogP contribution >= 0.6 is 0 Å². The third-order valence-electron chi connectivity index (χ3n) is 4.90. The van der Waals surface area contributed by atoms with Gasteiger partial charge in [0.25, 0.3) is 0 Å². The highest BCUT2D eigenvalue weighted by Crippen LogP contribution is 2.38. The van der Waals surface area contributed by atoms with Crippen molar-refractivity contribution >= 4 is 5.96 Å². The van der Waals surface area contributed by atoms with Crippen LogP contribution in [0.5, 0.6) is 17.2 Å². The van der Waals surface area contributed by atoms with Gasteiger partial charge in [0.15, 0.2) is 17.5 Å². The predicted octanol–water partition coefficient (Wildman–Crippen LogP) is 3.21. The van der Waals surface area contributed by atoms with Crippen LogP contribution in [0.25, 0.3) is 0 Å². The Balaban J connectivity index is 1.70. The van der Waals surface area contributed by atoms with Gasteiger partial charge in [-0.2, -0.15) is 0 Å². The number of nitrogens with one attached hydrogen (secondary N) is 2. The minimum atomic E-state index is 0.449. The molecule has 0 spiro atoms. The van der Waals surface area contributed by atoms with Crippen LogP contribution < -0.4 is 24.8 Å². The topological polar surface area (TPSA) is 81.9 Å². The van der Waals surface area contributed by atoms with E-state index in [2.05, 4.69) is 32.3 Å². The number of hydrogen-bond acceptors (Lipinski definition) is 5. The molecule has 0 aliphatic carbocycles. The molecule has 1 aromatic heterocycles. The van der Waals surface area contributed by atoms with Crippen molar-refractivity contribution in [1.29, 1.82) is 0 Å². The molecule has 3 aromatic rings. The largest absolute Gasteiger partial charge is 0.493 e. The molecule has 0 fully saturated rings. The molecular weight excluding hydrogens is 406 g/mol. The van der Waals surface area contributed by atoms with Gasteiger partial charge in [0.05, 0.1) is 34.4 Å². The highest BCUT2D eigenvalue weighted by Gasteiger charge is 2.13. The van der Waals surface area contributed by atoms with E-state index in [9.17, 15) is 0 Å². The summed E-state index contributed by atoms with van der Waals surface area (Å²) in [6.07, 6.45) is 3.81. The van der Waals surface area contributed by atoms with Gasteiger partial charge in [0, 0.05) is 25.5 Å². The normalized spacial score (nSPS) is 11.2. The lowest BCUT2D eigenvalue weighted by molar-refractivity contribution is 0.324. The second kappa shape index (κ2) is 11.6. The fourth-order valence-electron chi connectivity index (χ4n) is 3.33.